The summed E-state index contributed by atoms with van der Waals surface area (Å²) in [5.74, 6) is -0.920. The van der Waals surface area contributed by atoms with Crippen LogP contribution in [0.1, 0.15) is 22.8 Å². The number of fused-ring (bicyclic) bond motifs is 1. The molecule has 0 radical (unpaired) electrons. The second-order valence-corrected chi connectivity index (χ2v) is 10.1. The van der Waals surface area contributed by atoms with Crippen molar-refractivity contribution in [2.24, 2.45) is 0 Å². The highest BCUT2D eigenvalue weighted by molar-refractivity contribution is 7.81. The van der Waals surface area contributed by atoms with Gasteiger partial charge in [-0.25, -0.2) is 0 Å². The van der Waals surface area contributed by atoms with E-state index in [2.05, 4.69) is 8.37 Å². The lowest BCUT2D eigenvalue weighted by Gasteiger charge is -2.34. The van der Waals surface area contributed by atoms with E-state index in [0.717, 1.165) is 12.3 Å². The largest absolute Gasteiger partial charge is 0.504 e. The van der Waals surface area contributed by atoms with Crippen molar-refractivity contribution in [1.82, 2.24) is 0 Å². The molecule has 5 N–H and O–H groups in total. The van der Waals surface area contributed by atoms with Crippen molar-refractivity contribution in [3.63, 3.8) is 0 Å². The number of rotatable bonds is 9. The maximum atomic E-state index is 10.7. The van der Waals surface area contributed by atoms with Crippen molar-refractivity contribution in [1.29, 1.82) is 0 Å². The summed E-state index contributed by atoms with van der Waals surface area (Å²) in [5.41, 5.74) is 0.998. The molecule has 0 aliphatic carbocycles. The predicted octanol–water partition coefficient (Wildman–Crippen LogP) is 3.30. The smallest absolute Gasteiger partial charge is 0.445 e. The zero-order valence-corrected chi connectivity index (χ0v) is 21.5. The van der Waals surface area contributed by atoms with Crippen LogP contribution in [-0.4, -0.2) is 47.6 Å². The molecule has 0 spiro atoms. The van der Waals surface area contributed by atoms with E-state index in [4.69, 9.17) is 23.3 Å². The van der Waals surface area contributed by atoms with E-state index >= 15 is 0 Å². The first-order valence-corrected chi connectivity index (χ1v) is 13.6. The van der Waals surface area contributed by atoms with Crippen LogP contribution in [0.3, 0.4) is 0 Å². The first kappa shape index (κ1) is 28.4. The molecule has 0 aromatic heterocycles. The normalized spacial score (nSPS) is 17.1. The first-order valence-electron chi connectivity index (χ1n) is 10.9. The molecule has 2 atom stereocenters. The minimum atomic E-state index is -4.70. The molecule has 0 saturated carbocycles. The fourth-order valence-corrected chi connectivity index (χ4v) is 3.83. The van der Waals surface area contributed by atoms with Crippen LogP contribution in [-0.2, 0) is 29.2 Å². The number of hydrogen-bond acceptors (Lipinski definition) is 12. The molecule has 0 saturated heterocycles. The summed E-state index contributed by atoms with van der Waals surface area (Å²) in [6.07, 6.45) is 1.48. The van der Waals surface area contributed by atoms with Crippen LogP contribution in [0.2, 0.25) is 0 Å². The SMILES string of the molecule is O=S(=O)(O)O/C=C/c1ccc(OC2Oc3cc(/C=C/OS(=O)(=O)O)ccc3OC2c2ccc(O)c(O)c2)c(O)c1. The van der Waals surface area contributed by atoms with E-state index in [1.54, 1.807) is 0 Å². The Morgan fingerprint density at radius 2 is 1.30 bits per heavy atom. The van der Waals surface area contributed by atoms with Gasteiger partial charge in [0.1, 0.15) is 12.5 Å². The Hall–Kier alpha value is -4.64. The minimum Gasteiger partial charge on any atom is -0.504 e. The lowest BCUT2D eigenvalue weighted by molar-refractivity contribution is -0.0988. The predicted molar refractivity (Wildman–Crippen MR) is 136 cm³/mol. The Balaban J connectivity index is 1.63. The second-order valence-electron chi connectivity index (χ2n) is 7.98. The Morgan fingerprint density at radius 3 is 1.90 bits per heavy atom. The van der Waals surface area contributed by atoms with Crippen LogP contribution < -0.4 is 14.2 Å². The van der Waals surface area contributed by atoms with Gasteiger partial charge in [-0.2, -0.15) is 16.8 Å². The molecule has 1 aliphatic heterocycles. The molecule has 0 amide bonds. The van der Waals surface area contributed by atoms with Crippen molar-refractivity contribution >= 4 is 33.0 Å². The Bertz CT molecular complexity index is 1680. The standard InChI is InChI=1S/C24H20O14S2/c25-17-4-3-16(13-18(17)26)23-24(37-20-5-1-14(11-19(20)27)7-9-34-39(28,29)30)38-22-12-15(2-6-21(22)36-23)8-10-35-40(31,32)33/h1-13,23-27H,(H,28,29,30)(H,31,32,33)/b9-7+,10-8+. The van der Waals surface area contributed by atoms with Gasteiger partial charge >= 0.3 is 20.8 Å². The second kappa shape index (κ2) is 11.2. The van der Waals surface area contributed by atoms with Gasteiger partial charge < -0.3 is 37.9 Å². The molecule has 1 heterocycles. The van der Waals surface area contributed by atoms with Crippen LogP contribution in [0.25, 0.3) is 12.2 Å². The zero-order chi connectivity index (χ0) is 29.1. The van der Waals surface area contributed by atoms with Crippen molar-refractivity contribution in [2.75, 3.05) is 0 Å². The van der Waals surface area contributed by atoms with E-state index in [1.165, 1.54) is 60.7 Å². The lowest BCUT2D eigenvalue weighted by atomic mass is 10.1. The van der Waals surface area contributed by atoms with Crippen LogP contribution >= 0.6 is 0 Å². The highest BCUT2D eigenvalue weighted by Crippen LogP contribution is 2.43. The van der Waals surface area contributed by atoms with Gasteiger partial charge in [0, 0.05) is 5.56 Å². The highest BCUT2D eigenvalue weighted by atomic mass is 32.3. The number of benzene rings is 3. The van der Waals surface area contributed by atoms with Gasteiger partial charge in [0.2, 0.25) is 0 Å². The number of phenols is 3. The third-order valence-corrected chi connectivity index (χ3v) is 5.85. The lowest BCUT2D eigenvalue weighted by Crippen LogP contribution is -2.37. The molecule has 3 aromatic carbocycles. The molecule has 1 aliphatic rings. The third kappa shape index (κ3) is 7.48. The van der Waals surface area contributed by atoms with Gasteiger partial charge in [0.25, 0.3) is 6.29 Å². The highest BCUT2D eigenvalue weighted by Gasteiger charge is 2.36. The molecule has 0 bridgehead atoms. The monoisotopic (exact) mass is 596 g/mol. The maximum absolute atomic E-state index is 10.7. The molecular formula is C24H20O14S2. The van der Waals surface area contributed by atoms with Gasteiger partial charge in [0.15, 0.2) is 40.6 Å². The molecule has 0 fully saturated rings. The minimum absolute atomic E-state index is 0.0875. The molecule has 212 valence electrons. The van der Waals surface area contributed by atoms with Crippen molar-refractivity contribution < 1.29 is 63.8 Å². The van der Waals surface area contributed by atoms with E-state index in [1.807, 2.05) is 0 Å². The molecule has 40 heavy (non-hydrogen) atoms. The van der Waals surface area contributed by atoms with Crippen LogP contribution in [0.4, 0.5) is 0 Å². The number of aromatic hydroxyl groups is 3. The molecule has 14 nitrogen and oxygen atoms in total. The number of ether oxygens (including phenoxy) is 3. The third-order valence-electron chi connectivity index (χ3n) is 5.14. The van der Waals surface area contributed by atoms with E-state index < -0.39 is 44.7 Å². The van der Waals surface area contributed by atoms with E-state index in [9.17, 15) is 32.2 Å². The summed E-state index contributed by atoms with van der Waals surface area (Å²) in [6, 6.07) is 12.4. The molecular weight excluding hydrogens is 576 g/mol. The van der Waals surface area contributed by atoms with Gasteiger partial charge in [-0.05, 0) is 59.7 Å². The number of hydrogen-bond donors (Lipinski definition) is 5. The summed E-state index contributed by atoms with van der Waals surface area (Å²) >= 11 is 0. The molecule has 2 unspecified atom stereocenters. The van der Waals surface area contributed by atoms with Crippen LogP contribution in [0.5, 0.6) is 34.5 Å². The summed E-state index contributed by atoms with van der Waals surface area (Å²) in [4.78, 5) is 0. The summed E-state index contributed by atoms with van der Waals surface area (Å²) in [7, 11) is -9.39. The van der Waals surface area contributed by atoms with Gasteiger partial charge in [-0.3, -0.25) is 9.11 Å². The van der Waals surface area contributed by atoms with E-state index in [-0.39, 0.29) is 28.6 Å². The molecule has 3 aromatic rings. The summed E-state index contributed by atoms with van der Waals surface area (Å²) in [6.45, 7) is 0. The zero-order valence-electron chi connectivity index (χ0n) is 19.9. The van der Waals surface area contributed by atoms with Crippen molar-refractivity contribution in [3.05, 3.63) is 83.8 Å². The van der Waals surface area contributed by atoms with E-state index in [0.29, 0.717) is 17.4 Å². The average molecular weight is 597 g/mol. The maximum Gasteiger partial charge on any atom is 0.445 e. The van der Waals surface area contributed by atoms with Crippen molar-refractivity contribution in [3.8, 4) is 34.5 Å². The number of phenolic OH excluding ortho intramolecular Hbond substituents is 3. The average Bonchev–Trinajstić information content (AvgIpc) is 2.85. The molecule has 16 heteroatoms. The first-order chi connectivity index (χ1) is 18.8. The Labute approximate surface area is 227 Å². The van der Waals surface area contributed by atoms with Crippen LogP contribution in [0, 0.1) is 0 Å². The summed E-state index contributed by atoms with van der Waals surface area (Å²) in [5, 5.41) is 30.2. The van der Waals surface area contributed by atoms with Gasteiger partial charge in [-0.15, -0.1) is 0 Å². The molecule has 4 rings (SSSR count). The van der Waals surface area contributed by atoms with Crippen LogP contribution in [0.15, 0.2) is 67.1 Å². The fourth-order valence-electron chi connectivity index (χ4n) is 3.44. The Morgan fingerprint density at radius 1 is 0.675 bits per heavy atom. The topological polar surface area (TPSA) is 216 Å². The van der Waals surface area contributed by atoms with Gasteiger partial charge in [0.05, 0.1) is 0 Å². The summed E-state index contributed by atoms with van der Waals surface area (Å²) < 4.78 is 86.3. The Kier molecular flexibility index (Phi) is 7.96. The van der Waals surface area contributed by atoms with Crippen molar-refractivity contribution in [2.45, 2.75) is 12.4 Å². The fraction of sp³-hybridized carbons (Fsp3) is 0.0833. The van der Waals surface area contributed by atoms with Gasteiger partial charge in [-0.1, -0.05) is 18.2 Å². The quantitative estimate of drug-likeness (QED) is 0.136.